The van der Waals surface area contributed by atoms with Crippen molar-refractivity contribution in [1.29, 1.82) is 0 Å². The molecule has 0 amide bonds. The predicted octanol–water partition coefficient (Wildman–Crippen LogP) is 3.91. The quantitative estimate of drug-likeness (QED) is 0.577. The number of fused-ring (bicyclic) bond motifs is 2. The number of guanidine groups is 1. The molecule has 3 aliphatic rings. The fraction of sp³-hybridized carbons (Fsp3) is 0.542. The van der Waals surface area contributed by atoms with Gasteiger partial charge in [-0.1, -0.05) is 43.2 Å². The molecule has 2 aliphatic carbocycles. The van der Waals surface area contributed by atoms with Gasteiger partial charge in [-0.3, -0.25) is 0 Å². The monoisotopic (exact) mass is 393 g/mol. The Balaban J connectivity index is 1.29. The van der Waals surface area contributed by atoms with Crippen molar-refractivity contribution >= 4 is 5.96 Å². The third kappa shape index (κ3) is 3.68. The number of ether oxygens (including phenoxy) is 1. The number of benzene rings is 1. The van der Waals surface area contributed by atoms with Crippen molar-refractivity contribution in [2.45, 2.75) is 57.2 Å². The Morgan fingerprint density at radius 1 is 1.10 bits per heavy atom. The molecule has 5 nitrogen and oxygen atoms in total. The van der Waals surface area contributed by atoms with E-state index in [1.807, 2.05) is 18.2 Å². The first-order valence-corrected chi connectivity index (χ1v) is 11.1. The van der Waals surface area contributed by atoms with Gasteiger partial charge in [-0.25, -0.2) is 4.99 Å². The highest BCUT2D eigenvalue weighted by Crippen LogP contribution is 2.60. The molecule has 2 saturated carbocycles. The Hall–Kier alpha value is -2.27. The van der Waals surface area contributed by atoms with Gasteiger partial charge in [-0.2, -0.15) is 0 Å². The molecule has 1 spiro atoms. The van der Waals surface area contributed by atoms with Crippen molar-refractivity contribution in [2.24, 2.45) is 16.3 Å². The van der Waals surface area contributed by atoms with Crippen molar-refractivity contribution in [2.75, 3.05) is 13.2 Å². The van der Waals surface area contributed by atoms with Crippen LogP contribution in [0.25, 0.3) is 0 Å². The van der Waals surface area contributed by atoms with E-state index in [1.165, 1.54) is 37.7 Å². The molecule has 29 heavy (non-hydrogen) atoms. The zero-order valence-corrected chi connectivity index (χ0v) is 17.0. The van der Waals surface area contributed by atoms with E-state index in [0.717, 1.165) is 31.3 Å². The van der Waals surface area contributed by atoms with Gasteiger partial charge in [0.1, 0.15) is 5.76 Å². The third-order valence-corrected chi connectivity index (χ3v) is 7.08. The maximum Gasteiger partial charge on any atom is 0.191 e. The number of aliphatic imine (C=N–C) groups is 1. The fourth-order valence-corrected chi connectivity index (χ4v) is 5.72. The van der Waals surface area contributed by atoms with Crippen molar-refractivity contribution in [3.8, 4) is 0 Å². The highest BCUT2D eigenvalue weighted by Gasteiger charge is 2.65. The van der Waals surface area contributed by atoms with Crippen LogP contribution in [-0.2, 0) is 17.7 Å². The Kier molecular flexibility index (Phi) is 5.32. The average molecular weight is 394 g/mol. The van der Waals surface area contributed by atoms with Gasteiger partial charge < -0.3 is 19.8 Å². The van der Waals surface area contributed by atoms with Gasteiger partial charge in [0.15, 0.2) is 5.96 Å². The van der Waals surface area contributed by atoms with E-state index in [1.54, 1.807) is 6.26 Å². The second-order valence-corrected chi connectivity index (χ2v) is 8.71. The molecular weight excluding hydrogens is 362 g/mol. The van der Waals surface area contributed by atoms with Gasteiger partial charge in [0.25, 0.3) is 0 Å². The summed E-state index contributed by atoms with van der Waals surface area (Å²) in [6.45, 7) is 2.40. The van der Waals surface area contributed by atoms with E-state index < -0.39 is 0 Å². The van der Waals surface area contributed by atoms with Crippen LogP contribution in [0.2, 0.25) is 0 Å². The minimum absolute atomic E-state index is 0.317. The van der Waals surface area contributed by atoms with Crippen LogP contribution >= 0.6 is 0 Å². The number of nitrogens with zero attached hydrogens (tertiary/aromatic N) is 1. The van der Waals surface area contributed by atoms with E-state index in [-0.39, 0.29) is 0 Å². The van der Waals surface area contributed by atoms with E-state index in [0.29, 0.717) is 30.0 Å². The van der Waals surface area contributed by atoms with Crippen LogP contribution < -0.4 is 10.6 Å². The lowest BCUT2D eigenvalue weighted by molar-refractivity contribution is -0.125. The highest BCUT2D eigenvalue weighted by molar-refractivity contribution is 5.80. The second-order valence-electron chi connectivity index (χ2n) is 8.71. The van der Waals surface area contributed by atoms with Crippen LogP contribution in [0.15, 0.2) is 58.1 Å². The molecule has 3 unspecified atom stereocenters. The van der Waals surface area contributed by atoms with Crippen LogP contribution in [0, 0.1) is 11.3 Å². The van der Waals surface area contributed by atoms with Crippen LogP contribution in [-0.4, -0.2) is 31.3 Å². The molecule has 2 aromatic rings. The number of rotatable bonds is 6. The van der Waals surface area contributed by atoms with Crippen molar-refractivity contribution < 1.29 is 9.15 Å². The summed E-state index contributed by atoms with van der Waals surface area (Å²) in [6.07, 6.45) is 9.43. The molecule has 0 bridgehead atoms. The molecule has 3 atom stereocenters. The number of hydrogen-bond acceptors (Lipinski definition) is 3. The summed E-state index contributed by atoms with van der Waals surface area (Å²) in [7, 11) is 0. The number of furan rings is 1. The Morgan fingerprint density at radius 2 is 1.97 bits per heavy atom. The normalized spacial score (nSPS) is 27.6. The van der Waals surface area contributed by atoms with Crippen molar-refractivity contribution in [3.05, 3.63) is 60.1 Å². The van der Waals surface area contributed by atoms with Gasteiger partial charge in [0, 0.05) is 36.9 Å². The third-order valence-electron chi connectivity index (χ3n) is 7.08. The van der Waals surface area contributed by atoms with E-state index in [4.69, 9.17) is 14.1 Å². The summed E-state index contributed by atoms with van der Waals surface area (Å²) in [5.41, 5.74) is 1.54. The first kappa shape index (κ1) is 18.7. The molecule has 1 saturated heterocycles. The largest absolute Gasteiger partial charge is 0.469 e. The van der Waals surface area contributed by atoms with E-state index in [2.05, 4.69) is 34.9 Å². The van der Waals surface area contributed by atoms with Crippen LogP contribution in [0.4, 0.5) is 0 Å². The summed E-state index contributed by atoms with van der Waals surface area (Å²) in [5, 5.41) is 7.39. The van der Waals surface area contributed by atoms with Gasteiger partial charge >= 0.3 is 0 Å². The highest BCUT2D eigenvalue weighted by atomic mass is 16.5. The van der Waals surface area contributed by atoms with Crippen LogP contribution in [0.3, 0.4) is 0 Å². The van der Waals surface area contributed by atoms with Gasteiger partial charge in [0.2, 0.25) is 0 Å². The molecule has 1 aromatic heterocycles. The number of nitrogens with one attached hydrogen (secondary N) is 2. The summed E-state index contributed by atoms with van der Waals surface area (Å²) >= 11 is 0. The molecule has 1 aliphatic heterocycles. The molecule has 5 heteroatoms. The van der Waals surface area contributed by atoms with Gasteiger partial charge in [-0.05, 0) is 37.0 Å². The Morgan fingerprint density at radius 3 is 2.76 bits per heavy atom. The zero-order valence-electron chi connectivity index (χ0n) is 17.0. The molecule has 0 radical (unpaired) electrons. The molecule has 2 heterocycles. The summed E-state index contributed by atoms with van der Waals surface area (Å²) in [4.78, 5) is 4.93. The minimum Gasteiger partial charge on any atom is -0.469 e. The minimum atomic E-state index is 0.317. The molecule has 2 N–H and O–H groups in total. The smallest absolute Gasteiger partial charge is 0.191 e. The van der Waals surface area contributed by atoms with Crippen LogP contribution in [0.1, 0.15) is 43.4 Å². The maximum atomic E-state index is 6.15. The zero-order chi connectivity index (χ0) is 19.5. The van der Waals surface area contributed by atoms with Crippen LogP contribution in [0.5, 0.6) is 0 Å². The maximum absolute atomic E-state index is 6.15. The van der Waals surface area contributed by atoms with E-state index >= 15 is 0 Å². The lowest BCUT2D eigenvalue weighted by Gasteiger charge is -2.57. The molecule has 3 fully saturated rings. The molecule has 154 valence electrons. The first-order valence-electron chi connectivity index (χ1n) is 11.1. The standard InChI is InChI=1S/C24H31N3O2/c1-2-7-18(8-3-1)17-26-23(25-14-10-19-9-6-15-28-19)27-21-20-11-16-29-22(20)24(21)12-4-5-13-24/h1-3,6-9,15,20-22H,4-5,10-14,16-17H2,(H2,25,26,27). The van der Waals surface area contributed by atoms with Gasteiger partial charge in [0.05, 0.1) is 18.9 Å². The van der Waals surface area contributed by atoms with Gasteiger partial charge in [-0.15, -0.1) is 0 Å². The first-order chi connectivity index (χ1) is 14.4. The van der Waals surface area contributed by atoms with Crippen molar-refractivity contribution in [3.63, 3.8) is 0 Å². The summed E-state index contributed by atoms with van der Waals surface area (Å²) in [6, 6.07) is 14.9. The van der Waals surface area contributed by atoms with E-state index in [9.17, 15) is 0 Å². The Labute approximate surface area is 172 Å². The van der Waals surface area contributed by atoms with Crippen molar-refractivity contribution in [1.82, 2.24) is 10.6 Å². The SMILES string of the molecule is c1ccc(CN=C(NCCc2ccco2)NC2C3CCOC3C23CCCC3)cc1. The molecular formula is C24H31N3O2. The summed E-state index contributed by atoms with van der Waals surface area (Å²) < 4.78 is 11.6. The topological polar surface area (TPSA) is 58.8 Å². The molecule has 5 rings (SSSR count). The predicted molar refractivity (Wildman–Crippen MR) is 114 cm³/mol. The lowest BCUT2D eigenvalue weighted by Crippen LogP contribution is -2.69. The lowest BCUT2D eigenvalue weighted by atomic mass is 9.54. The fourth-order valence-electron chi connectivity index (χ4n) is 5.72. The number of hydrogen-bond donors (Lipinski definition) is 2. The average Bonchev–Trinajstić information content (AvgIpc) is 3.51. The molecule has 1 aromatic carbocycles. The second kappa shape index (κ2) is 8.23. The summed E-state index contributed by atoms with van der Waals surface area (Å²) in [5.74, 6) is 2.55. The Bertz CT molecular complexity index is 812.